The Morgan fingerprint density at radius 1 is 1.32 bits per heavy atom. The highest BCUT2D eigenvalue weighted by Gasteiger charge is 2.36. The Kier molecular flexibility index (Phi) is 4.37. The lowest BCUT2D eigenvalue weighted by Gasteiger charge is -2.37. The minimum atomic E-state index is -0.448. The second-order valence-corrected chi connectivity index (χ2v) is 6.29. The van der Waals surface area contributed by atoms with Gasteiger partial charge in [-0.05, 0) is 49.7 Å². The summed E-state index contributed by atoms with van der Waals surface area (Å²) in [5, 5.41) is 13.6. The molecular formula is C16H21ClN2. The molecule has 0 radical (unpaired) electrons. The first kappa shape index (κ1) is 14.2. The van der Waals surface area contributed by atoms with Crippen molar-refractivity contribution in [2.75, 3.05) is 5.32 Å². The van der Waals surface area contributed by atoms with Crippen molar-refractivity contribution in [3.05, 3.63) is 29.3 Å². The number of hydrogen-bond acceptors (Lipinski definition) is 2. The number of nitriles is 1. The van der Waals surface area contributed by atoms with Gasteiger partial charge in [-0.1, -0.05) is 37.6 Å². The molecule has 0 amide bonds. The van der Waals surface area contributed by atoms with Crippen LogP contribution < -0.4 is 5.32 Å². The zero-order valence-electron chi connectivity index (χ0n) is 11.6. The normalized spacial score (nSPS) is 27.0. The molecule has 0 saturated heterocycles. The first-order valence-electron chi connectivity index (χ1n) is 7.00. The van der Waals surface area contributed by atoms with E-state index in [1.807, 2.05) is 24.3 Å². The minimum absolute atomic E-state index is 0.448. The first-order valence-corrected chi connectivity index (χ1v) is 7.38. The van der Waals surface area contributed by atoms with E-state index in [2.05, 4.69) is 25.2 Å². The number of benzene rings is 1. The highest BCUT2D eigenvalue weighted by Crippen LogP contribution is 2.38. The molecule has 2 nitrogen and oxygen atoms in total. The first-order chi connectivity index (χ1) is 9.06. The second kappa shape index (κ2) is 5.84. The van der Waals surface area contributed by atoms with Gasteiger partial charge in [-0.25, -0.2) is 0 Å². The van der Waals surface area contributed by atoms with Crippen LogP contribution >= 0.6 is 11.6 Å². The molecule has 3 heteroatoms. The molecule has 0 atom stereocenters. The van der Waals surface area contributed by atoms with Gasteiger partial charge in [-0.15, -0.1) is 0 Å². The van der Waals surface area contributed by atoms with Crippen LogP contribution in [0.4, 0.5) is 5.69 Å². The van der Waals surface area contributed by atoms with E-state index in [0.29, 0.717) is 10.9 Å². The number of halogens is 1. The molecule has 1 N–H and O–H groups in total. The van der Waals surface area contributed by atoms with Crippen molar-refractivity contribution in [3.63, 3.8) is 0 Å². The van der Waals surface area contributed by atoms with Crippen molar-refractivity contribution in [1.29, 1.82) is 5.26 Å². The topological polar surface area (TPSA) is 35.8 Å². The standard InChI is InChI=1S/C16H21ClN2/c1-12(2)13-7-9-16(11-18,10-8-13)19-15-6-4-3-5-14(15)17/h3-6,12-13,19H,7-10H2,1-2H3. The van der Waals surface area contributed by atoms with Gasteiger partial charge in [0.05, 0.1) is 16.8 Å². The Balaban J connectivity index is 2.10. The van der Waals surface area contributed by atoms with E-state index < -0.39 is 5.54 Å². The summed E-state index contributed by atoms with van der Waals surface area (Å²) < 4.78 is 0. The SMILES string of the molecule is CC(C)C1CCC(C#N)(Nc2ccccc2Cl)CC1. The summed E-state index contributed by atoms with van der Waals surface area (Å²) >= 11 is 6.17. The Hall–Kier alpha value is -1.20. The lowest BCUT2D eigenvalue weighted by Crippen LogP contribution is -2.41. The van der Waals surface area contributed by atoms with Crippen LogP contribution in [0.15, 0.2) is 24.3 Å². The molecule has 0 aliphatic heterocycles. The van der Waals surface area contributed by atoms with Gasteiger partial charge in [0.1, 0.15) is 5.54 Å². The maximum absolute atomic E-state index is 9.56. The lowest BCUT2D eigenvalue weighted by atomic mass is 9.73. The number of para-hydroxylation sites is 1. The Morgan fingerprint density at radius 2 is 1.95 bits per heavy atom. The van der Waals surface area contributed by atoms with E-state index in [4.69, 9.17) is 11.6 Å². The molecule has 1 fully saturated rings. The second-order valence-electron chi connectivity index (χ2n) is 5.88. The molecule has 1 aliphatic carbocycles. The molecular weight excluding hydrogens is 256 g/mol. The predicted octanol–water partition coefficient (Wildman–Crippen LogP) is 4.86. The summed E-state index contributed by atoms with van der Waals surface area (Å²) in [5.41, 5.74) is 0.421. The molecule has 2 rings (SSSR count). The maximum atomic E-state index is 9.56. The van der Waals surface area contributed by atoms with Gasteiger partial charge in [0.15, 0.2) is 0 Å². The Labute approximate surface area is 120 Å². The third-order valence-corrected chi connectivity index (χ3v) is 4.62. The molecule has 19 heavy (non-hydrogen) atoms. The molecule has 1 aliphatic rings. The number of hydrogen-bond donors (Lipinski definition) is 1. The smallest absolute Gasteiger partial charge is 0.125 e. The van der Waals surface area contributed by atoms with Gasteiger partial charge in [0, 0.05) is 0 Å². The summed E-state index contributed by atoms with van der Waals surface area (Å²) in [6.45, 7) is 4.54. The van der Waals surface area contributed by atoms with E-state index in [1.54, 1.807) is 0 Å². The van der Waals surface area contributed by atoms with Crippen molar-refractivity contribution in [3.8, 4) is 6.07 Å². The van der Waals surface area contributed by atoms with Gasteiger partial charge in [0.25, 0.3) is 0 Å². The average molecular weight is 277 g/mol. The van der Waals surface area contributed by atoms with Crippen LogP contribution in [0.1, 0.15) is 39.5 Å². The molecule has 0 unspecified atom stereocenters. The molecule has 102 valence electrons. The third-order valence-electron chi connectivity index (χ3n) is 4.29. The van der Waals surface area contributed by atoms with Crippen molar-refractivity contribution < 1.29 is 0 Å². The van der Waals surface area contributed by atoms with Crippen LogP contribution in [0.5, 0.6) is 0 Å². The third kappa shape index (κ3) is 3.22. The minimum Gasteiger partial charge on any atom is -0.366 e. The average Bonchev–Trinajstić information content (AvgIpc) is 2.42. The van der Waals surface area contributed by atoms with Crippen LogP contribution in [0.25, 0.3) is 0 Å². The summed E-state index contributed by atoms with van der Waals surface area (Å²) in [4.78, 5) is 0. The fourth-order valence-electron chi connectivity index (χ4n) is 2.88. The highest BCUT2D eigenvalue weighted by atomic mass is 35.5. The molecule has 0 bridgehead atoms. The summed E-state index contributed by atoms with van der Waals surface area (Å²) in [5.74, 6) is 1.45. The van der Waals surface area contributed by atoms with Gasteiger partial charge in [-0.2, -0.15) is 5.26 Å². The van der Waals surface area contributed by atoms with Crippen LogP contribution in [0, 0.1) is 23.2 Å². The highest BCUT2D eigenvalue weighted by molar-refractivity contribution is 6.33. The summed E-state index contributed by atoms with van der Waals surface area (Å²) in [7, 11) is 0. The molecule has 0 spiro atoms. The van der Waals surface area contributed by atoms with Gasteiger partial charge in [-0.3, -0.25) is 0 Å². The van der Waals surface area contributed by atoms with Crippen molar-refractivity contribution in [2.45, 2.75) is 45.1 Å². The molecule has 1 aromatic rings. The Bertz CT molecular complexity index is 468. The molecule has 0 heterocycles. The van der Waals surface area contributed by atoms with Gasteiger partial charge >= 0.3 is 0 Å². The zero-order chi connectivity index (χ0) is 13.9. The number of nitrogens with one attached hydrogen (secondary N) is 1. The van der Waals surface area contributed by atoms with Crippen molar-refractivity contribution >= 4 is 17.3 Å². The van der Waals surface area contributed by atoms with Gasteiger partial charge < -0.3 is 5.32 Å². The number of rotatable bonds is 3. The lowest BCUT2D eigenvalue weighted by molar-refractivity contribution is 0.239. The fraction of sp³-hybridized carbons (Fsp3) is 0.562. The van der Waals surface area contributed by atoms with Crippen LogP contribution in [-0.4, -0.2) is 5.54 Å². The number of anilines is 1. The van der Waals surface area contributed by atoms with E-state index in [0.717, 1.165) is 37.3 Å². The van der Waals surface area contributed by atoms with Crippen molar-refractivity contribution in [2.24, 2.45) is 11.8 Å². The van der Waals surface area contributed by atoms with E-state index in [9.17, 15) is 5.26 Å². The summed E-state index contributed by atoms with van der Waals surface area (Å²) in [6, 6.07) is 10.1. The van der Waals surface area contributed by atoms with E-state index >= 15 is 0 Å². The maximum Gasteiger partial charge on any atom is 0.125 e. The Morgan fingerprint density at radius 3 is 2.47 bits per heavy atom. The van der Waals surface area contributed by atoms with Crippen molar-refractivity contribution in [1.82, 2.24) is 0 Å². The fourth-order valence-corrected chi connectivity index (χ4v) is 3.07. The van der Waals surface area contributed by atoms with E-state index in [1.165, 1.54) is 0 Å². The molecule has 1 aromatic carbocycles. The summed E-state index contributed by atoms with van der Waals surface area (Å²) in [6.07, 6.45) is 4.03. The van der Waals surface area contributed by atoms with Crippen LogP contribution in [0.3, 0.4) is 0 Å². The van der Waals surface area contributed by atoms with Crippen LogP contribution in [0.2, 0.25) is 5.02 Å². The van der Waals surface area contributed by atoms with Crippen LogP contribution in [-0.2, 0) is 0 Å². The van der Waals surface area contributed by atoms with E-state index in [-0.39, 0.29) is 0 Å². The number of nitrogens with zero attached hydrogens (tertiary/aromatic N) is 1. The monoisotopic (exact) mass is 276 g/mol. The largest absolute Gasteiger partial charge is 0.366 e. The molecule has 0 aromatic heterocycles. The molecule has 1 saturated carbocycles. The quantitative estimate of drug-likeness (QED) is 0.856. The van der Waals surface area contributed by atoms with Gasteiger partial charge in [0.2, 0.25) is 0 Å². The zero-order valence-corrected chi connectivity index (χ0v) is 12.4. The predicted molar refractivity (Wildman–Crippen MR) is 80.2 cm³/mol.